The average molecular weight is 380 g/mol. The van der Waals surface area contributed by atoms with Crippen LogP contribution in [0.2, 0.25) is 0 Å². The molecular weight excluding hydrogens is 364 g/mol. The molecule has 7 heteroatoms. The SMILES string of the molecule is Cc1cc(C(=O)Nc2ccc(S(C)=O)cc2)c2oc(=O)c3ccccc3n12. The van der Waals surface area contributed by atoms with Crippen LogP contribution in [0.15, 0.2) is 68.7 Å². The second-order valence-electron chi connectivity index (χ2n) is 6.18. The molecule has 6 nitrogen and oxygen atoms in total. The Kier molecular flexibility index (Phi) is 4.16. The number of nitrogens with zero attached hydrogens (tertiary/aromatic N) is 1. The van der Waals surface area contributed by atoms with Gasteiger partial charge in [0.2, 0.25) is 5.71 Å². The van der Waals surface area contributed by atoms with Gasteiger partial charge in [0.15, 0.2) is 0 Å². The van der Waals surface area contributed by atoms with Crippen molar-refractivity contribution in [2.75, 3.05) is 11.6 Å². The maximum Gasteiger partial charge on any atom is 0.346 e. The molecule has 136 valence electrons. The Balaban J connectivity index is 1.78. The minimum atomic E-state index is -1.08. The van der Waals surface area contributed by atoms with Crippen LogP contribution in [0.25, 0.3) is 16.6 Å². The van der Waals surface area contributed by atoms with Crippen LogP contribution in [-0.2, 0) is 10.8 Å². The van der Waals surface area contributed by atoms with E-state index in [0.29, 0.717) is 21.5 Å². The second-order valence-corrected chi connectivity index (χ2v) is 7.56. The third-order valence-electron chi connectivity index (χ3n) is 4.38. The molecule has 0 aliphatic carbocycles. The van der Waals surface area contributed by atoms with Gasteiger partial charge in [-0.1, -0.05) is 12.1 Å². The summed E-state index contributed by atoms with van der Waals surface area (Å²) in [5, 5.41) is 3.24. The fourth-order valence-corrected chi connectivity index (χ4v) is 3.61. The van der Waals surface area contributed by atoms with E-state index in [1.807, 2.05) is 19.1 Å². The van der Waals surface area contributed by atoms with Crippen molar-refractivity contribution in [2.45, 2.75) is 11.8 Å². The number of aromatic nitrogens is 1. The fourth-order valence-electron chi connectivity index (χ4n) is 3.09. The number of para-hydroxylation sites is 1. The third kappa shape index (κ3) is 2.96. The molecule has 1 N–H and O–H groups in total. The maximum absolute atomic E-state index is 12.8. The van der Waals surface area contributed by atoms with E-state index in [-0.39, 0.29) is 17.2 Å². The molecule has 0 bridgehead atoms. The molecule has 1 amide bonds. The van der Waals surface area contributed by atoms with Crippen molar-refractivity contribution in [3.63, 3.8) is 0 Å². The number of anilines is 1. The number of fused-ring (bicyclic) bond motifs is 3. The fraction of sp³-hybridized carbons (Fsp3) is 0.100. The van der Waals surface area contributed by atoms with Gasteiger partial charge in [-0.2, -0.15) is 0 Å². The molecule has 1 atom stereocenters. The zero-order valence-electron chi connectivity index (χ0n) is 14.7. The molecule has 0 aliphatic rings. The van der Waals surface area contributed by atoms with Crippen LogP contribution >= 0.6 is 0 Å². The lowest BCUT2D eigenvalue weighted by Crippen LogP contribution is -2.13. The molecule has 4 rings (SSSR count). The third-order valence-corrected chi connectivity index (χ3v) is 5.32. The Bertz CT molecular complexity index is 1270. The highest BCUT2D eigenvalue weighted by molar-refractivity contribution is 7.84. The van der Waals surface area contributed by atoms with Gasteiger partial charge in [0.25, 0.3) is 5.91 Å². The van der Waals surface area contributed by atoms with Gasteiger partial charge in [-0.25, -0.2) is 4.79 Å². The highest BCUT2D eigenvalue weighted by atomic mass is 32.2. The Morgan fingerprint density at radius 3 is 2.52 bits per heavy atom. The number of rotatable bonds is 3. The van der Waals surface area contributed by atoms with E-state index in [4.69, 9.17) is 4.42 Å². The summed E-state index contributed by atoms with van der Waals surface area (Å²) in [4.78, 5) is 25.7. The van der Waals surface area contributed by atoms with Crippen LogP contribution in [0.1, 0.15) is 16.1 Å². The predicted octanol–water partition coefficient (Wildman–Crippen LogP) is 3.34. The molecule has 2 aromatic heterocycles. The first-order valence-corrected chi connectivity index (χ1v) is 9.80. The predicted molar refractivity (Wildman–Crippen MR) is 105 cm³/mol. The van der Waals surface area contributed by atoms with E-state index < -0.39 is 16.4 Å². The Labute approximate surface area is 156 Å². The first-order valence-electron chi connectivity index (χ1n) is 8.24. The molecule has 0 spiro atoms. The zero-order valence-corrected chi connectivity index (χ0v) is 15.5. The van der Waals surface area contributed by atoms with Crippen LogP contribution in [0, 0.1) is 6.92 Å². The summed E-state index contributed by atoms with van der Waals surface area (Å²) in [6.07, 6.45) is 1.59. The van der Waals surface area contributed by atoms with Gasteiger partial charge in [0.05, 0.1) is 10.9 Å². The number of amides is 1. The molecule has 1 unspecified atom stereocenters. The molecule has 2 aromatic carbocycles. The van der Waals surface area contributed by atoms with Gasteiger partial charge in [-0.3, -0.25) is 13.4 Å². The summed E-state index contributed by atoms with van der Waals surface area (Å²) in [5.74, 6) is -0.385. The van der Waals surface area contributed by atoms with E-state index >= 15 is 0 Å². The molecule has 2 heterocycles. The molecule has 0 radical (unpaired) electrons. The minimum Gasteiger partial charge on any atom is -0.404 e. The number of benzene rings is 2. The summed E-state index contributed by atoms with van der Waals surface area (Å²) >= 11 is 0. The number of nitrogens with one attached hydrogen (secondary N) is 1. The van der Waals surface area contributed by atoms with Crippen LogP contribution < -0.4 is 10.9 Å². The van der Waals surface area contributed by atoms with Crippen LogP contribution in [0.3, 0.4) is 0 Å². The normalized spacial score (nSPS) is 12.4. The number of carbonyl (C=O) groups is 1. The highest BCUT2D eigenvalue weighted by Gasteiger charge is 2.19. The lowest BCUT2D eigenvalue weighted by atomic mass is 10.2. The topological polar surface area (TPSA) is 80.8 Å². The van der Waals surface area contributed by atoms with Crippen LogP contribution in [0.4, 0.5) is 5.69 Å². The lowest BCUT2D eigenvalue weighted by molar-refractivity contribution is 0.102. The molecule has 4 aromatic rings. The van der Waals surface area contributed by atoms with E-state index in [1.54, 1.807) is 53.1 Å². The number of aryl methyl sites for hydroxylation is 1. The van der Waals surface area contributed by atoms with E-state index in [1.165, 1.54) is 0 Å². The van der Waals surface area contributed by atoms with Crippen molar-refractivity contribution in [1.82, 2.24) is 4.40 Å². The average Bonchev–Trinajstić information content (AvgIpc) is 2.99. The van der Waals surface area contributed by atoms with Gasteiger partial charge in [0.1, 0.15) is 5.56 Å². The van der Waals surface area contributed by atoms with E-state index in [2.05, 4.69) is 5.32 Å². The molecule has 0 aliphatic heterocycles. The van der Waals surface area contributed by atoms with Crippen molar-refractivity contribution in [2.24, 2.45) is 0 Å². The van der Waals surface area contributed by atoms with Gasteiger partial charge in [-0.15, -0.1) is 0 Å². The van der Waals surface area contributed by atoms with Crippen molar-refractivity contribution in [3.8, 4) is 0 Å². The van der Waals surface area contributed by atoms with Gasteiger partial charge in [0, 0.05) is 33.3 Å². The van der Waals surface area contributed by atoms with Crippen molar-refractivity contribution < 1.29 is 13.4 Å². The van der Waals surface area contributed by atoms with Gasteiger partial charge < -0.3 is 9.73 Å². The quantitative estimate of drug-likeness (QED) is 0.591. The second kappa shape index (κ2) is 6.51. The van der Waals surface area contributed by atoms with Gasteiger partial charge in [-0.05, 0) is 49.4 Å². The summed E-state index contributed by atoms with van der Waals surface area (Å²) < 4.78 is 18.7. The molecular formula is C20H16N2O4S. The largest absolute Gasteiger partial charge is 0.404 e. The molecule has 0 fully saturated rings. The lowest BCUT2D eigenvalue weighted by Gasteiger charge is -2.06. The monoisotopic (exact) mass is 380 g/mol. The summed E-state index contributed by atoms with van der Waals surface area (Å²) in [6.45, 7) is 1.85. The van der Waals surface area contributed by atoms with Crippen LogP contribution in [0.5, 0.6) is 0 Å². The van der Waals surface area contributed by atoms with E-state index in [9.17, 15) is 13.8 Å². The first-order chi connectivity index (χ1) is 13.0. The minimum absolute atomic E-state index is 0.208. The number of hydrogen-bond donors (Lipinski definition) is 1. The summed E-state index contributed by atoms with van der Waals surface area (Å²) in [7, 11) is -1.08. The van der Waals surface area contributed by atoms with Crippen molar-refractivity contribution in [3.05, 3.63) is 76.3 Å². The highest BCUT2D eigenvalue weighted by Crippen LogP contribution is 2.22. The molecule has 27 heavy (non-hydrogen) atoms. The standard InChI is InChI=1S/C20H16N2O4S/c1-12-11-16(18(23)21-13-7-9-14(10-8-13)27(2)25)19-22(12)17-6-4-3-5-15(17)20(24)26-19/h3-11H,1-2H3,(H,21,23). The van der Waals surface area contributed by atoms with E-state index in [0.717, 1.165) is 5.69 Å². The Morgan fingerprint density at radius 1 is 1.11 bits per heavy atom. The van der Waals surface area contributed by atoms with Crippen LogP contribution in [-0.4, -0.2) is 20.8 Å². The summed E-state index contributed by atoms with van der Waals surface area (Å²) in [5.41, 5.74) is 2.04. The first kappa shape index (κ1) is 17.2. The van der Waals surface area contributed by atoms with Crippen molar-refractivity contribution >= 4 is 39.0 Å². The summed E-state index contributed by atoms with van der Waals surface area (Å²) in [6, 6.07) is 15.6. The Morgan fingerprint density at radius 2 is 1.81 bits per heavy atom. The number of carbonyl (C=O) groups excluding carboxylic acids is 1. The number of hydrogen-bond acceptors (Lipinski definition) is 4. The Hall–Kier alpha value is -3.19. The maximum atomic E-state index is 12.8. The molecule has 0 saturated heterocycles. The zero-order chi connectivity index (χ0) is 19.1. The van der Waals surface area contributed by atoms with Crippen molar-refractivity contribution in [1.29, 1.82) is 0 Å². The smallest absolute Gasteiger partial charge is 0.346 e. The van der Waals surface area contributed by atoms with Gasteiger partial charge >= 0.3 is 5.63 Å². The molecule has 0 saturated carbocycles.